The fraction of sp³-hybridized carbons (Fsp3) is 0.562. The van der Waals surface area contributed by atoms with Crippen LogP contribution < -0.4 is 10.6 Å². The number of benzene rings is 1. The third-order valence-electron chi connectivity index (χ3n) is 3.23. The first kappa shape index (κ1) is 18.5. The maximum atomic E-state index is 11.1. The average Bonchev–Trinajstić information content (AvgIpc) is 2.41. The van der Waals surface area contributed by atoms with Crippen molar-refractivity contribution >= 4 is 15.8 Å². The van der Waals surface area contributed by atoms with Gasteiger partial charge in [-0.2, -0.15) is 0 Å². The van der Waals surface area contributed by atoms with E-state index in [1.165, 1.54) is 22.9 Å². The highest BCUT2D eigenvalue weighted by Gasteiger charge is 2.03. The minimum absolute atomic E-state index is 0.191. The van der Waals surface area contributed by atoms with Crippen molar-refractivity contribution in [2.75, 3.05) is 25.1 Å². The molecule has 0 amide bonds. The number of guanidine groups is 1. The van der Waals surface area contributed by atoms with Gasteiger partial charge >= 0.3 is 0 Å². The van der Waals surface area contributed by atoms with Gasteiger partial charge in [0.1, 0.15) is 9.84 Å². The van der Waals surface area contributed by atoms with Crippen molar-refractivity contribution in [1.82, 2.24) is 10.6 Å². The average molecular weight is 325 g/mol. The summed E-state index contributed by atoms with van der Waals surface area (Å²) in [5.41, 5.74) is 3.67. The normalized spacial score (nSPS) is 12.3. The van der Waals surface area contributed by atoms with Gasteiger partial charge in [0.25, 0.3) is 0 Å². The Bertz CT molecular complexity index is 610. The van der Waals surface area contributed by atoms with Crippen LogP contribution >= 0.6 is 0 Å². The summed E-state index contributed by atoms with van der Waals surface area (Å²) in [7, 11) is -2.90. The summed E-state index contributed by atoms with van der Waals surface area (Å²) in [5, 5.41) is 6.34. The zero-order valence-corrected chi connectivity index (χ0v) is 14.8. The zero-order chi connectivity index (χ0) is 16.6. The molecule has 1 aromatic carbocycles. The van der Waals surface area contributed by atoms with E-state index in [2.05, 4.69) is 47.7 Å². The van der Waals surface area contributed by atoms with Gasteiger partial charge in [-0.25, -0.2) is 13.4 Å². The summed E-state index contributed by atoms with van der Waals surface area (Å²) >= 11 is 0. The van der Waals surface area contributed by atoms with Crippen LogP contribution in [0.2, 0.25) is 0 Å². The van der Waals surface area contributed by atoms with Crippen LogP contribution in [0.15, 0.2) is 23.2 Å². The van der Waals surface area contributed by atoms with E-state index in [0.29, 0.717) is 19.5 Å². The maximum Gasteiger partial charge on any atom is 0.191 e. The molecule has 0 unspecified atom stereocenters. The van der Waals surface area contributed by atoms with Crippen LogP contribution in [0.1, 0.15) is 30.0 Å². The number of nitrogens with zero attached hydrogens (tertiary/aromatic N) is 1. The van der Waals surface area contributed by atoms with E-state index in [0.717, 1.165) is 12.5 Å². The highest BCUT2D eigenvalue weighted by molar-refractivity contribution is 7.90. The van der Waals surface area contributed by atoms with Crippen molar-refractivity contribution in [3.8, 4) is 0 Å². The lowest BCUT2D eigenvalue weighted by Crippen LogP contribution is -2.38. The van der Waals surface area contributed by atoms with Gasteiger partial charge in [0.05, 0.1) is 12.3 Å². The molecule has 22 heavy (non-hydrogen) atoms. The van der Waals surface area contributed by atoms with E-state index in [9.17, 15) is 8.42 Å². The number of rotatable bonds is 7. The molecule has 0 spiro atoms. The van der Waals surface area contributed by atoms with Crippen molar-refractivity contribution in [3.63, 3.8) is 0 Å². The van der Waals surface area contributed by atoms with Crippen LogP contribution in [-0.4, -0.2) is 39.5 Å². The summed E-state index contributed by atoms with van der Waals surface area (Å²) < 4.78 is 22.2. The second kappa shape index (κ2) is 8.78. The molecule has 6 heteroatoms. The number of aliphatic imine (C=N–C) groups is 1. The third-order valence-corrected chi connectivity index (χ3v) is 4.26. The van der Waals surface area contributed by atoms with E-state index in [-0.39, 0.29) is 5.75 Å². The Kier molecular flexibility index (Phi) is 7.38. The Labute approximate surface area is 134 Å². The van der Waals surface area contributed by atoms with Crippen LogP contribution in [0.25, 0.3) is 0 Å². The minimum atomic E-state index is -2.90. The van der Waals surface area contributed by atoms with Crippen molar-refractivity contribution < 1.29 is 8.42 Å². The van der Waals surface area contributed by atoms with Gasteiger partial charge in [0.15, 0.2) is 5.96 Å². The second-order valence-corrected chi connectivity index (χ2v) is 7.80. The molecule has 0 atom stereocenters. The molecule has 0 radical (unpaired) electrons. The van der Waals surface area contributed by atoms with E-state index in [1.807, 2.05) is 6.92 Å². The number of hydrogen-bond donors (Lipinski definition) is 2. The predicted octanol–water partition coefficient (Wildman–Crippen LogP) is 1.79. The third kappa shape index (κ3) is 7.45. The first-order valence-electron chi connectivity index (χ1n) is 7.58. The van der Waals surface area contributed by atoms with Crippen LogP contribution in [-0.2, 0) is 16.4 Å². The lowest BCUT2D eigenvalue weighted by atomic mass is 10.1. The number of sulfone groups is 1. The highest BCUT2D eigenvalue weighted by Crippen LogP contribution is 2.11. The molecular weight excluding hydrogens is 298 g/mol. The van der Waals surface area contributed by atoms with Crippen molar-refractivity contribution in [2.24, 2.45) is 4.99 Å². The Morgan fingerprint density at radius 2 is 1.95 bits per heavy atom. The molecule has 0 saturated carbocycles. The molecule has 1 aromatic rings. The van der Waals surface area contributed by atoms with Gasteiger partial charge in [-0.15, -0.1) is 0 Å². The molecule has 0 aliphatic carbocycles. The number of aryl methyl sites for hydroxylation is 2. The molecule has 1 rings (SSSR count). The largest absolute Gasteiger partial charge is 0.357 e. The van der Waals surface area contributed by atoms with Crippen LogP contribution in [0.3, 0.4) is 0 Å². The van der Waals surface area contributed by atoms with Crippen molar-refractivity contribution in [2.45, 2.75) is 33.7 Å². The second-order valence-electron chi connectivity index (χ2n) is 5.54. The Morgan fingerprint density at radius 3 is 2.55 bits per heavy atom. The smallest absolute Gasteiger partial charge is 0.191 e. The Balaban J connectivity index is 2.58. The summed E-state index contributed by atoms with van der Waals surface area (Å²) in [6.45, 7) is 8.13. The summed E-state index contributed by atoms with van der Waals surface area (Å²) in [5.74, 6) is 0.909. The number of nitrogens with one attached hydrogen (secondary N) is 2. The molecule has 0 bridgehead atoms. The van der Waals surface area contributed by atoms with Gasteiger partial charge in [0, 0.05) is 19.3 Å². The van der Waals surface area contributed by atoms with E-state index in [4.69, 9.17) is 0 Å². The molecule has 0 aromatic heterocycles. The molecule has 0 heterocycles. The van der Waals surface area contributed by atoms with E-state index < -0.39 is 9.84 Å². The molecule has 5 nitrogen and oxygen atoms in total. The van der Waals surface area contributed by atoms with Gasteiger partial charge in [-0.3, -0.25) is 0 Å². The predicted molar refractivity (Wildman–Crippen MR) is 93.1 cm³/mol. The summed E-state index contributed by atoms with van der Waals surface area (Å²) in [4.78, 5) is 4.55. The lowest BCUT2D eigenvalue weighted by Gasteiger charge is -2.11. The van der Waals surface area contributed by atoms with Gasteiger partial charge in [0.2, 0.25) is 0 Å². The standard InChI is InChI=1S/C16H27N3O2S/c1-5-17-16(18-9-6-10-22(4,20)21)19-12-15-8-7-13(2)11-14(15)3/h7-8,11H,5-6,9-10,12H2,1-4H3,(H2,17,18,19). The first-order valence-corrected chi connectivity index (χ1v) is 9.64. The molecule has 0 saturated heterocycles. The molecule has 0 aliphatic heterocycles. The van der Waals surface area contributed by atoms with Gasteiger partial charge in [-0.05, 0) is 38.3 Å². The highest BCUT2D eigenvalue weighted by atomic mass is 32.2. The minimum Gasteiger partial charge on any atom is -0.357 e. The quantitative estimate of drug-likeness (QED) is 0.455. The monoisotopic (exact) mass is 325 g/mol. The van der Waals surface area contributed by atoms with E-state index >= 15 is 0 Å². The van der Waals surface area contributed by atoms with Crippen LogP contribution in [0, 0.1) is 13.8 Å². The fourth-order valence-corrected chi connectivity index (χ4v) is 2.74. The Hall–Kier alpha value is -1.56. The molecular formula is C16H27N3O2S. The summed E-state index contributed by atoms with van der Waals surface area (Å²) in [6.07, 6.45) is 1.83. The topological polar surface area (TPSA) is 70.6 Å². The van der Waals surface area contributed by atoms with Crippen molar-refractivity contribution in [3.05, 3.63) is 34.9 Å². The SMILES string of the molecule is CCNC(=NCc1ccc(C)cc1C)NCCCS(C)(=O)=O. The van der Waals surface area contributed by atoms with Crippen molar-refractivity contribution in [1.29, 1.82) is 0 Å². The Morgan fingerprint density at radius 1 is 1.23 bits per heavy atom. The lowest BCUT2D eigenvalue weighted by molar-refractivity contribution is 0.598. The fourth-order valence-electron chi connectivity index (χ4n) is 2.07. The number of hydrogen-bond acceptors (Lipinski definition) is 3. The van der Waals surface area contributed by atoms with Crippen LogP contribution in [0.4, 0.5) is 0 Å². The molecule has 0 aliphatic rings. The summed E-state index contributed by atoms with van der Waals surface area (Å²) in [6, 6.07) is 6.34. The first-order chi connectivity index (χ1) is 10.3. The van der Waals surface area contributed by atoms with E-state index in [1.54, 1.807) is 0 Å². The maximum absolute atomic E-state index is 11.1. The molecule has 124 valence electrons. The molecule has 0 fully saturated rings. The zero-order valence-electron chi connectivity index (χ0n) is 13.9. The van der Waals surface area contributed by atoms with Crippen LogP contribution in [0.5, 0.6) is 0 Å². The van der Waals surface area contributed by atoms with Gasteiger partial charge < -0.3 is 10.6 Å². The molecule has 2 N–H and O–H groups in total. The van der Waals surface area contributed by atoms with Gasteiger partial charge in [-0.1, -0.05) is 23.8 Å².